The standard InChI is InChI=1S/C15H18N4O3.ClH/c1-8-6-9(2)19-13(16-8)12(10(3)17-19)14(20)18-5-4-11(7-18)15(21)22;/h6,11H,4-5,7H2,1-3H3,(H,21,22);1H. The fourth-order valence-corrected chi connectivity index (χ4v) is 2.98. The highest BCUT2D eigenvalue weighted by Crippen LogP contribution is 2.23. The van der Waals surface area contributed by atoms with Gasteiger partial charge in [0.15, 0.2) is 5.65 Å². The number of hydrogen-bond acceptors (Lipinski definition) is 4. The predicted molar refractivity (Wildman–Crippen MR) is 86.1 cm³/mol. The molecule has 1 aliphatic rings. The van der Waals surface area contributed by atoms with Crippen LogP contribution >= 0.6 is 12.4 Å². The third kappa shape index (κ3) is 2.88. The van der Waals surface area contributed by atoms with Crippen molar-refractivity contribution in [3.05, 3.63) is 28.7 Å². The number of rotatable bonds is 2. The minimum absolute atomic E-state index is 0. The summed E-state index contributed by atoms with van der Waals surface area (Å²) in [4.78, 5) is 29.9. The largest absolute Gasteiger partial charge is 0.481 e. The van der Waals surface area contributed by atoms with E-state index in [0.29, 0.717) is 29.9 Å². The summed E-state index contributed by atoms with van der Waals surface area (Å²) in [6, 6.07) is 1.91. The van der Waals surface area contributed by atoms with Crippen molar-refractivity contribution in [2.45, 2.75) is 27.2 Å². The van der Waals surface area contributed by atoms with E-state index in [2.05, 4.69) is 10.1 Å². The Morgan fingerprint density at radius 2 is 2.00 bits per heavy atom. The molecule has 1 amide bonds. The van der Waals surface area contributed by atoms with E-state index in [4.69, 9.17) is 5.11 Å². The third-order valence-electron chi connectivity index (χ3n) is 4.11. The van der Waals surface area contributed by atoms with Gasteiger partial charge in [0.05, 0.1) is 11.6 Å². The van der Waals surface area contributed by atoms with Crippen LogP contribution in [-0.2, 0) is 4.79 Å². The molecule has 3 heterocycles. The molecule has 0 bridgehead atoms. The fourth-order valence-electron chi connectivity index (χ4n) is 2.98. The van der Waals surface area contributed by atoms with Gasteiger partial charge in [0.1, 0.15) is 5.56 Å². The summed E-state index contributed by atoms with van der Waals surface area (Å²) in [7, 11) is 0. The Bertz CT molecular complexity index is 787. The number of aryl methyl sites for hydroxylation is 3. The van der Waals surface area contributed by atoms with Crippen LogP contribution in [0.15, 0.2) is 6.07 Å². The van der Waals surface area contributed by atoms with Gasteiger partial charge >= 0.3 is 5.97 Å². The Labute approximate surface area is 139 Å². The number of carboxylic acid groups (broad SMARTS) is 1. The Balaban J connectivity index is 0.00000192. The van der Waals surface area contributed by atoms with Crippen molar-refractivity contribution in [2.75, 3.05) is 13.1 Å². The molecule has 0 aliphatic carbocycles. The number of amides is 1. The number of carbonyl (C=O) groups is 2. The molecule has 7 nitrogen and oxygen atoms in total. The first-order valence-corrected chi connectivity index (χ1v) is 7.24. The van der Waals surface area contributed by atoms with Gasteiger partial charge in [-0.15, -0.1) is 12.4 Å². The van der Waals surface area contributed by atoms with Crippen LogP contribution in [0.4, 0.5) is 0 Å². The van der Waals surface area contributed by atoms with Crippen molar-refractivity contribution in [2.24, 2.45) is 5.92 Å². The molecule has 23 heavy (non-hydrogen) atoms. The minimum Gasteiger partial charge on any atom is -0.481 e. The maximum atomic E-state index is 12.8. The molecule has 0 saturated carbocycles. The number of likely N-dealkylation sites (tertiary alicyclic amines) is 1. The van der Waals surface area contributed by atoms with E-state index >= 15 is 0 Å². The molecule has 2 aromatic rings. The van der Waals surface area contributed by atoms with Gasteiger partial charge in [-0.05, 0) is 33.3 Å². The van der Waals surface area contributed by atoms with Crippen LogP contribution in [0.1, 0.15) is 33.9 Å². The summed E-state index contributed by atoms with van der Waals surface area (Å²) in [6.07, 6.45) is 0.491. The number of halogens is 1. The zero-order valence-corrected chi connectivity index (χ0v) is 14.1. The monoisotopic (exact) mass is 338 g/mol. The average molecular weight is 339 g/mol. The highest BCUT2D eigenvalue weighted by atomic mass is 35.5. The van der Waals surface area contributed by atoms with Gasteiger partial charge in [0.25, 0.3) is 5.91 Å². The number of carboxylic acids is 1. The number of carbonyl (C=O) groups excluding carboxylic acids is 1. The van der Waals surface area contributed by atoms with Crippen molar-refractivity contribution in [3.63, 3.8) is 0 Å². The summed E-state index contributed by atoms with van der Waals surface area (Å²) < 4.78 is 1.67. The van der Waals surface area contributed by atoms with Gasteiger partial charge < -0.3 is 10.0 Å². The molecular formula is C15H19ClN4O3. The van der Waals surface area contributed by atoms with E-state index in [1.807, 2.05) is 19.9 Å². The smallest absolute Gasteiger partial charge is 0.308 e. The summed E-state index contributed by atoms with van der Waals surface area (Å²) in [6.45, 7) is 6.27. The predicted octanol–water partition coefficient (Wildman–Crippen LogP) is 1.62. The van der Waals surface area contributed by atoms with E-state index in [1.165, 1.54) is 0 Å². The van der Waals surface area contributed by atoms with Crippen LogP contribution in [0.3, 0.4) is 0 Å². The normalized spacial score (nSPS) is 17.3. The van der Waals surface area contributed by atoms with Crippen molar-refractivity contribution >= 4 is 29.9 Å². The molecule has 1 saturated heterocycles. The Morgan fingerprint density at radius 3 is 2.61 bits per heavy atom. The van der Waals surface area contributed by atoms with E-state index in [-0.39, 0.29) is 24.9 Å². The van der Waals surface area contributed by atoms with Crippen LogP contribution in [0.2, 0.25) is 0 Å². The molecule has 1 unspecified atom stereocenters. The number of hydrogen-bond donors (Lipinski definition) is 1. The average Bonchev–Trinajstić information content (AvgIpc) is 3.03. The fraction of sp³-hybridized carbons (Fsp3) is 0.467. The number of fused-ring (bicyclic) bond motifs is 1. The maximum Gasteiger partial charge on any atom is 0.308 e. The molecule has 2 aromatic heterocycles. The first-order valence-electron chi connectivity index (χ1n) is 7.24. The lowest BCUT2D eigenvalue weighted by Crippen LogP contribution is -2.30. The van der Waals surface area contributed by atoms with Gasteiger partial charge in [-0.2, -0.15) is 5.10 Å². The SMILES string of the molecule is Cc1cc(C)n2nc(C)c(C(=O)N3CCC(C(=O)O)C3)c2n1.Cl. The van der Waals surface area contributed by atoms with Crippen LogP contribution in [0, 0.1) is 26.7 Å². The van der Waals surface area contributed by atoms with E-state index in [0.717, 1.165) is 11.4 Å². The highest BCUT2D eigenvalue weighted by molar-refractivity contribution is 6.01. The third-order valence-corrected chi connectivity index (χ3v) is 4.11. The van der Waals surface area contributed by atoms with E-state index in [9.17, 15) is 9.59 Å². The number of nitrogens with zero attached hydrogens (tertiary/aromatic N) is 4. The van der Waals surface area contributed by atoms with Crippen LogP contribution in [0.25, 0.3) is 5.65 Å². The second kappa shape index (κ2) is 6.16. The molecular weight excluding hydrogens is 320 g/mol. The Hall–Kier alpha value is -2.15. The van der Waals surface area contributed by atoms with Gasteiger partial charge in [0, 0.05) is 24.5 Å². The second-order valence-corrected chi connectivity index (χ2v) is 5.81. The highest BCUT2D eigenvalue weighted by Gasteiger charge is 2.33. The molecule has 124 valence electrons. The molecule has 0 spiro atoms. The molecule has 0 radical (unpaired) electrons. The number of aliphatic carboxylic acids is 1. The summed E-state index contributed by atoms with van der Waals surface area (Å²) in [5.41, 5.74) is 3.36. The van der Waals surface area contributed by atoms with Crippen molar-refractivity contribution in [1.29, 1.82) is 0 Å². The lowest BCUT2D eigenvalue weighted by atomic mass is 10.1. The lowest BCUT2D eigenvalue weighted by molar-refractivity contribution is -0.141. The maximum absolute atomic E-state index is 12.8. The first kappa shape index (κ1) is 17.2. The topological polar surface area (TPSA) is 87.8 Å². The summed E-state index contributed by atoms with van der Waals surface area (Å²) in [5.74, 6) is -1.52. The van der Waals surface area contributed by atoms with Gasteiger partial charge in [0.2, 0.25) is 0 Å². The molecule has 8 heteroatoms. The zero-order valence-electron chi connectivity index (χ0n) is 13.2. The molecule has 1 fully saturated rings. The van der Waals surface area contributed by atoms with Crippen LogP contribution in [-0.4, -0.2) is 49.6 Å². The number of aromatic nitrogens is 3. The van der Waals surface area contributed by atoms with Gasteiger partial charge in [-0.1, -0.05) is 0 Å². The molecule has 3 rings (SSSR count). The molecule has 0 aromatic carbocycles. The Morgan fingerprint density at radius 1 is 1.30 bits per heavy atom. The van der Waals surface area contributed by atoms with Crippen LogP contribution < -0.4 is 0 Å². The van der Waals surface area contributed by atoms with Crippen molar-refractivity contribution in [1.82, 2.24) is 19.5 Å². The lowest BCUT2D eigenvalue weighted by Gasteiger charge is -2.15. The minimum atomic E-state index is -0.850. The van der Waals surface area contributed by atoms with E-state index in [1.54, 1.807) is 16.3 Å². The molecule has 1 N–H and O–H groups in total. The zero-order chi connectivity index (χ0) is 16.0. The molecule has 1 aliphatic heterocycles. The van der Waals surface area contributed by atoms with Crippen molar-refractivity contribution < 1.29 is 14.7 Å². The summed E-state index contributed by atoms with van der Waals surface area (Å²) >= 11 is 0. The van der Waals surface area contributed by atoms with Crippen LogP contribution in [0.5, 0.6) is 0 Å². The van der Waals surface area contributed by atoms with Crippen molar-refractivity contribution in [3.8, 4) is 0 Å². The van der Waals surface area contributed by atoms with E-state index < -0.39 is 11.9 Å². The van der Waals surface area contributed by atoms with Gasteiger partial charge in [-0.25, -0.2) is 9.50 Å². The second-order valence-electron chi connectivity index (χ2n) is 5.81. The van der Waals surface area contributed by atoms with Gasteiger partial charge in [-0.3, -0.25) is 9.59 Å². The first-order chi connectivity index (χ1) is 10.4. The quantitative estimate of drug-likeness (QED) is 0.899. The molecule has 1 atom stereocenters. The summed E-state index contributed by atoms with van der Waals surface area (Å²) in [5, 5.41) is 13.5. The Kier molecular flexibility index (Phi) is 4.61.